The molecule has 8 heteroatoms. The van der Waals surface area contributed by atoms with Gasteiger partial charge in [-0.05, 0) is 63.8 Å². The molecule has 1 amide bonds. The minimum atomic E-state index is -0.545. The number of rotatable bonds is 5. The molecule has 3 aromatic heterocycles. The van der Waals surface area contributed by atoms with Crippen LogP contribution in [0.5, 0.6) is 0 Å². The van der Waals surface area contributed by atoms with Crippen LogP contribution in [-0.2, 0) is 24.1 Å². The maximum Gasteiger partial charge on any atom is 0.410 e. The van der Waals surface area contributed by atoms with E-state index in [2.05, 4.69) is 39.7 Å². The molecular weight excluding hydrogens is 452 g/mol. The molecule has 0 bridgehead atoms. The van der Waals surface area contributed by atoms with Crippen LogP contribution in [0.15, 0.2) is 48.9 Å². The number of carbonyl (C=O) groups is 1. The molecule has 0 radical (unpaired) electrons. The lowest BCUT2D eigenvalue weighted by Gasteiger charge is -2.31. The number of fused-ring (bicyclic) bond motifs is 2. The molecule has 2 N–H and O–H groups in total. The van der Waals surface area contributed by atoms with E-state index in [-0.39, 0.29) is 6.09 Å². The second kappa shape index (κ2) is 9.60. The standard InChI is InChI=1S/C28H32N6O2/c1-18-13-20(15-29-14-18)25-32-24-17-34(27(35)36-28(2,3)4)12-10-22(24)26(33-25)30-11-9-19-16-31-23-8-6-5-7-21(19)23/h5-8,13-16,31H,9-12,17H2,1-4H3,(H,30,32,33). The number of pyridine rings is 1. The lowest BCUT2D eigenvalue weighted by atomic mass is 10.0. The summed E-state index contributed by atoms with van der Waals surface area (Å²) in [5.41, 5.74) is 5.65. The summed E-state index contributed by atoms with van der Waals surface area (Å²) in [6, 6.07) is 10.4. The summed E-state index contributed by atoms with van der Waals surface area (Å²) < 4.78 is 5.61. The van der Waals surface area contributed by atoms with Crippen LogP contribution < -0.4 is 5.32 Å². The van der Waals surface area contributed by atoms with Crippen molar-refractivity contribution in [1.29, 1.82) is 0 Å². The zero-order chi connectivity index (χ0) is 25.3. The number of nitrogens with one attached hydrogen (secondary N) is 2. The fourth-order valence-electron chi connectivity index (χ4n) is 4.52. The number of nitrogens with zero attached hydrogens (tertiary/aromatic N) is 4. The molecule has 8 nitrogen and oxygen atoms in total. The molecule has 5 rings (SSSR count). The maximum atomic E-state index is 12.8. The summed E-state index contributed by atoms with van der Waals surface area (Å²) in [4.78, 5) is 31.9. The van der Waals surface area contributed by atoms with Crippen molar-refractivity contribution >= 4 is 22.8 Å². The molecular formula is C28H32N6O2. The summed E-state index contributed by atoms with van der Waals surface area (Å²) in [5, 5.41) is 4.80. The Hall–Kier alpha value is -3.94. The predicted molar refractivity (Wildman–Crippen MR) is 141 cm³/mol. The van der Waals surface area contributed by atoms with E-state index in [4.69, 9.17) is 14.7 Å². The summed E-state index contributed by atoms with van der Waals surface area (Å²) >= 11 is 0. The smallest absolute Gasteiger partial charge is 0.410 e. The second-order valence-corrected chi connectivity index (χ2v) is 10.3. The second-order valence-electron chi connectivity index (χ2n) is 10.3. The SMILES string of the molecule is Cc1cncc(-c2nc3c(c(NCCc4c[nH]c5ccccc45)n2)CCN(C(=O)OC(C)(C)C)C3)c1. The van der Waals surface area contributed by atoms with Gasteiger partial charge in [-0.2, -0.15) is 0 Å². The van der Waals surface area contributed by atoms with Crippen molar-refractivity contribution in [2.75, 3.05) is 18.4 Å². The molecule has 0 spiro atoms. The molecule has 4 aromatic rings. The van der Waals surface area contributed by atoms with Gasteiger partial charge in [0.1, 0.15) is 11.4 Å². The van der Waals surface area contributed by atoms with Crippen molar-refractivity contribution in [3.63, 3.8) is 0 Å². The Bertz CT molecular complexity index is 1400. The van der Waals surface area contributed by atoms with E-state index < -0.39 is 5.60 Å². The van der Waals surface area contributed by atoms with Crippen molar-refractivity contribution < 1.29 is 9.53 Å². The van der Waals surface area contributed by atoms with E-state index in [0.29, 0.717) is 25.3 Å². The van der Waals surface area contributed by atoms with Crippen molar-refractivity contribution in [2.45, 2.75) is 52.7 Å². The first-order valence-electron chi connectivity index (χ1n) is 12.4. The number of H-pyrrole nitrogens is 1. The average molecular weight is 485 g/mol. The van der Waals surface area contributed by atoms with Crippen molar-refractivity contribution in [3.8, 4) is 11.4 Å². The van der Waals surface area contributed by atoms with Crippen LogP contribution in [0.3, 0.4) is 0 Å². The van der Waals surface area contributed by atoms with Crippen LogP contribution in [0, 0.1) is 6.92 Å². The monoisotopic (exact) mass is 484 g/mol. The zero-order valence-corrected chi connectivity index (χ0v) is 21.3. The lowest BCUT2D eigenvalue weighted by Crippen LogP contribution is -2.40. The fourth-order valence-corrected chi connectivity index (χ4v) is 4.52. The highest BCUT2D eigenvalue weighted by atomic mass is 16.6. The molecule has 0 saturated carbocycles. The normalized spacial score (nSPS) is 13.5. The fraction of sp³-hybridized carbons (Fsp3) is 0.357. The van der Waals surface area contributed by atoms with Gasteiger partial charge in [-0.15, -0.1) is 0 Å². The summed E-state index contributed by atoms with van der Waals surface area (Å²) in [6.45, 7) is 9.31. The number of hydrogen-bond donors (Lipinski definition) is 2. The minimum Gasteiger partial charge on any atom is -0.444 e. The molecule has 0 fully saturated rings. The number of amides is 1. The molecule has 1 aliphatic rings. The average Bonchev–Trinajstić information content (AvgIpc) is 3.25. The Morgan fingerprint density at radius 2 is 2.03 bits per heavy atom. The molecule has 1 aromatic carbocycles. The van der Waals surface area contributed by atoms with Crippen molar-refractivity contribution in [2.24, 2.45) is 0 Å². The number of anilines is 1. The van der Waals surface area contributed by atoms with Gasteiger partial charge in [-0.3, -0.25) is 4.98 Å². The number of hydrogen-bond acceptors (Lipinski definition) is 6. The van der Waals surface area contributed by atoms with Gasteiger partial charge >= 0.3 is 6.09 Å². The quantitative estimate of drug-likeness (QED) is 0.400. The largest absolute Gasteiger partial charge is 0.444 e. The highest BCUT2D eigenvalue weighted by Crippen LogP contribution is 2.28. The van der Waals surface area contributed by atoms with Gasteiger partial charge in [0.2, 0.25) is 0 Å². The van der Waals surface area contributed by atoms with E-state index >= 15 is 0 Å². The predicted octanol–water partition coefficient (Wildman–Crippen LogP) is 5.28. The zero-order valence-electron chi connectivity index (χ0n) is 21.3. The Labute approximate surface area is 211 Å². The molecule has 0 unspecified atom stereocenters. The van der Waals surface area contributed by atoms with E-state index in [1.54, 1.807) is 11.1 Å². The number of benzene rings is 1. The third-order valence-electron chi connectivity index (χ3n) is 6.21. The van der Waals surface area contributed by atoms with Gasteiger partial charge in [-0.25, -0.2) is 14.8 Å². The first kappa shape index (κ1) is 23.8. The third-order valence-corrected chi connectivity index (χ3v) is 6.21. The summed E-state index contributed by atoms with van der Waals surface area (Å²) in [5.74, 6) is 1.42. The van der Waals surface area contributed by atoms with E-state index in [1.165, 1.54) is 10.9 Å². The van der Waals surface area contributed by atoms with Gasteiger partial charge in [0.25, 0.3) is 0 Å². The van der Waals surface area contributed by atoms with Gasteiger partial charge in [0.15, 0.2) is 5.82 Å². The highest BCUT2D eigenvalue weighted by molar-refractivity contribution is 5.83. The molecule has 186 valence electrons. The number of carbonyl (C=O) groups excluding carboxylic acids is 1. The van der Waals surface area contributed by atoms with Crippen molar-refractivity contribution in [1.82, 2.24) is 24.8 Å². The van der Waals surface area contributed by atoms with Crippen LogP contribution >= 0.6 is 0 Å². The molecule has 36 heavy (non-hydrogen) atoms. The van der Waals surface area contributed by atoms with E-state index in [1.807, 2.05) is 46.0 Å². The van der Waals surface area contributed by atoms with Gasteiger partial charge < -0.3 is 19.9 Å². The molecule has 1 aliphatic heterocycles. The third kappa shape index (κ3) is 5.17. The van der Waals surface area contributed by atoms with Gasteiger partial charge in [0.05, 0.1) is 12.2 Å². The van der Waals surface area contributed by atoms with Crippen molar-refractivity contribution in [3.05, 3.63) is 71.3 Å². The Balaban J connectivity index is 1.42. The van der Waals surface area contributed by atoms with Crippen LogP contribution in [0.4, 0.5) is 10.6 Å². The lowest BCUT2D eigenvalue weighted by molar-refractivity contribution is 0.0221. The van der Waals surface area contributed by atoms with Crippen LogP contribution in [0.25, 0.3) is 22.3 Å². The molecule has 0 saturated heterocycles. The molecule has 4 heterocycles. The first-order chi connectivity index (χ1) is 17.3. The first-order valence-corrected chi connectivity index (χ1v) is 12.4. The van der Waals surface area contributed by atoms with E-state index in [9.17, 15) is 4.79 Å². The minimum absolute atomic E-state index is 0.320. The maximum absolute atomic E-state index is 12.8. The highest BCUT2D eigenvalue weighted by Gasteiger charge is 2.29. The number of para-hydroxylation sites is 1. The topological polar surface area (TPSA) is 96.0 Å². The van der Waals surface area contributed by atoms with E-state index in [0.717, 1.165) is 46.7 Å². The number of aromatic nitrogens is 4. The van der Waals surface area contributed by atoms with Crippen LogP contribution in [-0.4, -0.2) is 49.6 Å². The van der Waals surface area contributed by atoms with Crippen LogP contribution in [0.1, 0.15) is 43.2 Å². The Morgan fingerprint density at radius 3 is 2.83 bits per heavy atom. The Morgan fingerprint density at radius 1 is 1.19 bits per heavy atom. The number of aryl methyl sites for hydroxylation is 1. The summed E-state index contributed by atoms with van der Waals surface area (Å²) in [7, 11) is 0. The summed E-state index contributed by atoms with van der Waals surface area (Å²) in [6.07, 6.45) is 6.86. The number of ether oxygens (including phenoxy) is 1. The van der Waals surface area contributed by atoms with Gasteiger partial charge in [-0.1, -0.05) is 18.2 Å². The molecule has 0 aliphatic carbocycles. The van der Waals surface area contributed by atoms with Crippen LogP contribution in [0.2, 0.25) is 0 Å². The Kier molecular flexibility index (Phi) is 6.35. The number of aromatic amines is 1. The molecule has 0 atom stereocenters. The van der Waals surface area contributed by atoms with Gasteiger partial charge in [0, 0.05) is 53.7 Å².